The average Bonchev–Trinajstić information content (AvgIpc) is 2.87. The van der Waals surface area contributed by atoms with Crippen molar-refractivity contribution in [3.05, 3.63) is 0 Å². The maximum absolute atomic E-state index is 3.61. The molecule has 3 heteroatoms. The van der Waals surface area contributed by atoms with Gasteiger partial charge in [0, 0.05) is 31.2 Å². The molecule has 116 valence electrons. The van der Waals surface area contributed by atoms with Crippen LogP contribution in [0.1, 0.15) is 57.8 Å². The fraction of sp³-hybridized carbons (Fsp3) is 1.00. The van der Waals surface area contributed by atoms with Gasteiger partial charge in [0.05, 0.1) is 0 Å². The van der Waals surface area contributed by atoms with Gasteiger partial charge in [-0.25, -0.2) is 0 Å². The maximum atomic E-state index is 3.61. The van der Waals surface area contributed by atoms with Gasteiger partial charge in [-0.15, -0.1) is 0 Å². The van der Waals surface area contributed by atoms with Gasteiger partial charge < -0.3 is 5.32 Å². The number of hydrogen-bond donors (Lipinski definition) is 1. The van der Waals surface area contributed by atoms with E-state index in [0.717, 1.165) is 18.1 Å². The van der Waals surface area contributed by atoms with Gasteiger partial charge in [-0.2, -0.15) is 0 Å². The smallest absolute Gasteiger partial charge is 0.0249 e. The van der Waals surface area contributed by atoms with E-state index >= 15 is 0 Å². The molecule has 0 spiro atoms. The summed E-state index contributed by atoms with van der Waals surface area (Å²) in [6.45, 7) is 5.39. The van der Waals surface area contributed by atoms with Gasteiger partial charge in [0.2, 0.25) is 0 Å². The fourth-order valence-electron chi connectivity index (χ4n) is 4.71. The monoisotopic (exact) mass is 279 g/mol. The average molecular weight is 279 g/mol. The third-order valence-electron chi connectivity index (χ3n) is 5.92. The van der Waals surface area contributed by atoms with Gasteiger partial charge in [0.1, 0.15) is 0 Å². The summed E-state index contributed by atoms with van der Waals surface area (Å²) in [5, 5.41) is 3.61. The van der Waals surface area contributed by atoms with Crippen LogP contribution in [0.15, 0.2) is 0 Å². The summed E-state index contributed by atoms with van der Waals surface area (Å²) in [7, 11) is 2.17. The summed E-state index contributed by atoms with van der Waals surface area (Å²) in [5.74, 6) is 0. The molecule has 1 N–H and O–H groups in total. The number of hydrogen-bond acceptors (Lipinski definition) is 3. The number of likely N-dealkylation sites (tertiary alicyclic amines) is 2. The number of piperidine rings is 1. The van der Waals surface area contributed by atoms with Crippen LogP contribution < -0.4 is 5.32 Å². The predicted molar refractivity (Wildman–Crippen MR) is 85.1 cm³/mol. The van der Waals surface area contributed by atoms with E-state index in [1.54, 1.807) is 0 Å². The summed E-state index contributed by atoms with van der Waals surface area (Å²) in [6, 6.07) is 2.39. The number of nitrogens with zero attached hydrogens (tertiary/aromatic N) is 2. The van der Waals surface area contributed by atoms with Crippen molar-refractivity contribution in [1.29, 1.82) is 0 Å². The molecule has 1 aliphatic carbocycles. The molecule has 3 nitrogen and oxygen atoms in total. The molecule has 3 aliphatic rings. The first-order chi connectivity index (χ1) is 9.88. The van der Waals surface area contributed by atoms with Crippen LogP contribution in [-0.2, 0) is 0 Å². The van der Waals surface area contributed by atoms with Crippen LogP contribution in [-0.4, -0.2) is 61.2 Å². The van der Waals surface area contributed by atoms with Crippen LogP contribution in [0.25, 0.3) is 0 Å². The lowest BCUT2D eigenvalue weighted by atomic mass is 10.0. The third-order valence-corrected chi connectivity index (χ3v) is 5.92. The minimum atomic E-state index is 0.734. The summed E-state index contributed by atoms with van der Waals surface area (Å²) < 4.78 is 0. The highest BCUT2D eigenvalue weighted by Crippen LogP contribution is 2.28. The molecule has 3 atom stereocenters. The normalized spacial score (nSPS) is 38.0. The topological polar surface area (TPSA) is 18.5 Å². The molecular formula is C17H33N3. The summed E-state index contributed by atoms with van der Waals surface area (Å²) in [5.41, 5.74) is 0. The van der Waals surface area contributed by atoms with Crippen LogP contribution in [0.5, 0.6) is 0 Å². The lowest BCUT2D eigenvalue weighted by molar-refractivity contribution is 0.138. The Morgan fingerprint density at radius 1 is 0.750 bits per heavy atom. The summed E-state index contributed by atoms with van der Waals surface area (Å²) in [6.07, 6.45) is 12.8. The second-order valence-electron chi connectivity index (χ2n) is 7.13. The van der Waals surface area contributed by atoms with Gasteiger partial charge in [-0.3, -0.25) is 9.80 Å². The van der Waals surface area contributed by atoms with Crippen LogP contribution in [0, 0.1) is 0 Å². The van der Waals surface area contributed by atoms with E-state index in [1.807, 2.05) is 0 Å². The van der Waals surface area contributed by atoms with Crippen LogP contribution in [0.2, 0.25) is 0 Å². The highest BCUT2D eigenvalue weighted by molar-refractivity contribution is 4.93. The zero-order valence-electron chi connectivity index (χ0n) is 13.3. The van der Waals surface area contributed by atoms with Gasteiger partial charge in [0.15, 0.2) is 0 Å². The molecule has 3 rings (SSSR count). The van der Waals surface area contributed by atoms with Crippen LogP contribution in [0.3, 0.4) is 0 Å². The van der Waals surface area contributed by atoms with Crippen molar-refractivity contribution in [2.75, 3.05) is 33.2 Å². The number of rotatable bonds is 3. The number of likely N-dealkylation sites (N-methyl/N-ethyl adjacent to an activating group) is 1. The van der Waals surface area contributed by atoms with Crippen molar-refractivity contribution < 1.29 is 0 Å². The molecule has 20 heavy (non-hydrogen) atoms. The molecule has 0 aromatic carbocycles. The Morgan fingerprint density at radius 3 is 2.30 bits per heavy atom. The maximum Gasteiger partial charge on any atom is 0.0249 e. The van der Waals surface area contributed by atoms with Gasteiger partial charge in [-0.05, 0) is 52.2 Å². The van der Waals surface area contributed by atoms with E-state index in [0.29, 0.717) is 0 Å². The Labute approximate surface area is 125 Å². The molecule has 2 saturated heterocycles. The Balaban J connectivity index is 1.57. The van der Waals surface area contributed by atoms with Gasteiger partial charge in [0.25, 0.3) is 0 Å². The standard InChI is InChI=1S/C17H33N3/c1-18-16-8-4-2-5-9-17(16)20-13-10-15(14-20)19-11-6-3-7-12-19/h15-18H,2-14H2,1H3. The lowest BCUT2D eigenvalue weighted by Gasteiger charge is -2.35. The molecule has 1 saturated carbocycles. The lowest BCUT2D eigenvalue weighted by Crippen LogP contribution is -2.49. The number of nitrogens with one attached hydrogen (secondary N) is 1. The molecule has 3 fully saturated rings. The molecule has 0 radical (unpaired) electrons. The molecule has 0 aromatic rings. The molecular weight excluding hydrogens is 246 g/mol. The van der Waals surface area contributed by atoms with Crippen molar-refractivity contribution in [2.45, 2.75) is 75.9 Å². The zero-order chi connectivity index (χ0) is 13.8. The third kappa shape index (κ3) is 3.37. The Hall–Kier alpha value is -0.120. The zero-order valence-corrected chi connectivity index (χ0v) is 13.3. The molecule has 0 amide bonds. The first-order valence-corrected chi connectivity index (χ1v) is 9.04. The first kappa shape index (κ1) is 14.8. The Kier molecular flexibility index (Phi) is 5.36. The summed E-state index contributed by atoms with van der Waals surface area (Å²) in [4.78, 5) is 5.61. The molecule has 0 bridgehead atoms. The largest absolute Gasteiger partial charge is 0.315 e. The van der Waals surface area contributed by atoms with E-state index in [2.05, 4.69) is 22.2 Å². The van der Waals surface area contributed by atoms with E-state index < -0.39 is 0 Å². The van der Waals surface area contributed by atoms with Crippen molar-refractivity contribution in [1.82, 2.24) is 15.1 Å². The van der Waals surface area contributed by atoms with E-state index in [4.69, 9.17) is 0 Å². The first-order valence-electron chi connectivity index (χ1n) is 9.04. The highest BCUT2D eigenvalue weighted by atomic mass is 15.3. The molecule has 2 aliphatic heterocycles. The van der Waals surface area contributed by atoms with Crippen LogP contribution >= 0.6 is 0 Å². The van der Waals surface area contributed by atoms with E-state index in [9.17, 15) is 0 Å². The summed E-state index contributed by atoms with van der Waals surface area (Å²) >= 11 is 0. The van der Waals surface area contributed by atoms with Crippen molar-refractivity contribution in [2.24, 2.45) is 0 Å². The molecule has 2 heterocycles. The fourth-order valence-corrected chi connectivity index (χ4v) is 4.71. The molecule has 0 aromatic heterocycles. The second-order valence-corrected chi connectivity index (χ2v) is 7.13. The van der Waals surface area contributed by atoms with E-state index in [-0.39, 0.29) is 0 Å². The molecule has 3 unspecified atom stereocenters. The van der Waals surface area contributed by atoms with Crippen molar-refractivity contribution in [3.63, 3.8) is 0 Å². The Morgan fingerprint density at radius 2 is 1.50 bits per heavy atom. The van der Waals surface area contributed by atoms with Crippen molar-refractivity contribution >= 4 is 0 Å². The SMILES string of the molecule is CNC1CCCCCC1N1CCC(N2CCCCC2)C1. The second kappa shape index (κ2) is 7.24. The Bertz CT molecular complexity index is 288. The van der Waals surface area contributed by atoms with E-state index in [1.165, 1.54) is 84.0 Å². The highest BCUT2D eigenvalue weighted by Gasteiger charge is 2.35. The quantitative estimate of drug-likeness (QED) is 0.801. The van der Waals surface area contributed by atoms with Crippen molar-refractivity contribution in [3.8, 4) is 0 Å². The predicted octanol–water partition coefficient (Wildman–Crippen LogP) is 2.47. The van der Waals surface area contributed by atoms with Gasteiger partial charge >= 0.3 is 0 Å². The minimum Gasteiger partial charge on any atom is -0.315 e. The van der Waals surface area contributed by atoms with Gasteiger partial charge in [-0.1, -0.05) is 25.7 Å². The minimum absolute atomic E-state index is 0.734. The van der Waals surface area contributed by atoms with Crippen LogP contribution in [0.4, 0.5) is 0 Å².